The molecule has 5 heteroatoms. The fourth-order valence-electron chi connectivity index (χ4n) is 3.04. The molecule has 0 spiro atoms. The molecule has 1 aromatic rings. The van der Waals surface area contributed by atoms with Crippen LogP contribution in [0.2, 0.25) is 0 Å². The van der Waals surface area contributed by atoms with Crippen LogP contribution in [0.15, 0.2) is 18.2 Å². The highest BCUT2D eigenvalue weighted by molar-refractivity contribution is 5.82. The Bertz CT molecular complexity index is 531. The predicted octanol–water partition coefficient (Wildman–Crippen LogP) is 1.98. The highest BCUT2D eigenvalue weighted by Crippen LogP contribution is 2.37. The van der Waals surface area contributed by atoms with E-state index >= 15 is 0 Å². The van der Waals surface area contributed by atoms with E-state index < -0.39 is 0 Å². The number of rotatable bonds is 5. The molecule has 0 aromatic heterocycles. The van der Waals surface area contributed by atoms with Gasteiger partial charge in [-0.2, -0.15) is 0 Å². The summed E-state index contributed by atoms with van der Waals surface area (Å²) in [7, 11) is 1.54. The number of ether oxygens (including phenoxy) is 1. The fourth-order valence-corrected chi connectivity index (χ4v) is 3.04. The van der Waals surface area contributed by atoms with Crippen LogP contribution in [0.4, 0.5) is 4.39 Å². The minimum Gasteiger partial charge on any atom is -0.496 e. The quantitative estimate of drug-likeness (QED) is 0.872. The molecule has 2 fully saturated rings. The van der Waals surface area contributed by atoms with Crippen molar-refractivity contribution in [2.75, 3.05) is 7.11 Å². The van der Waals surface area contributed by atoms with Crippen LogP contribution in [-0.2, 0) is 11.3 Å². The number of nitrogens with one attached hydrogen (secondary N) is 2. The van der Waals surface area contributed by atoms with Gasteiger partial charge in [0.1, 0.15) is 11.6 Å². The van der Waals surface area contributed by atoms with Gasteiger partial charge in [-0.25, -0.2) is 4.39 Å². The summed E-state index contributed by atoms with van der Waals surface area (Å²) < 4.78 is 18.5. The summed E-state index contributed by atoms with van der Waals surface area (Å²) in [4.78, 5) is 12.2. The minimum atomic E-state index is -0.326. The lowest BCUT2D eigenvalue weighted by Crippen LogP contribution is -2.43. The standard InChI is InChI=1S/C16H21FN2O2/c1-21-15-7-4-12(17)8-11(15)9-18-16(20)14-6-5-13(19-14)10-2-3-10/h4,7-8,10,13-14,19H,2-3,5-6,9H2,1H3,(H,18,20). The molecule has 2 atom stereocenters. The monoisotopic (exact) mass is 292 g/mol. The maximum Gasteiger partial charge on any atom is 0.237 e. The van der Waals surface area contributed by atoms with E-state index in [1.54, 1.807) is 6.07 Å². The van der Waals surface area contributed by atoms with E-state index in [0.29, 0.717) is 17.4 Å². The highest BCUT2D eigenvalue weighted by atomic mass is 19.1. The maximum atomic E-state index is 13.3. The van der Waals surface area contributed by atoms with E-state index in [9.17, 15) is 9.18 Å². The molecule has 2 aliphatic rings. The number of amides is 1. The first-order valence-corrected chi connectivity index (χ1v) is 7.53. The molecule has 114 valence electrons. The summed E-state index contributed by atoms with van der Waals surface area (Å²) in [6.07, 6.45) is 4.53. The lowest BCUT2D eigenvalue weighted by atomic mass is 10.1. The Morgan fingerprint density at radius 1 is 1.38 bits per heavy atom. The average Bonchev–Trinajstić information content (AvgIpc) is 3.22. The Labute approximate surface area is 124 Å². The molecular formula is C16H21FN2O2. The SMILES string of the molecule is COc1ccc(F)cc1CNC(=O)C1CCC(C2CC2)N1. The first kappa shape index (κ1) is 14.3. The van der Waals surface area contributed by atoms with Crippen LogP contribution in [0.5, 0.6) is 5.75 Å². The van der Waals surface area contributed by atoms with Gasteiger partial charge in [0.25, 0.3) is 0 Å². The zero-order valence-electron chi connectivity index (χ0n) is 12.2. The molecule has 1 heterocycles. The molecule has 1 amide bonds. The number of methoxy groups -OCH3 is 1. The van der Waals surface area contributed by atoms with Crippen LogP contribution in [0, 0.1) is 11.7 Å². The summed E-state index contributed by atoms with van der Waals surface area (Å²) in [5.74, 6) is 1.02. The van der Waals surface area contributed by atoms with Crippen molar-refractivity contribution in [3.05, 3.63) is 29.6 Å². The van der Waals surface area contributed by atoms with Crippen LogP contribution in [0.3, 0.4) is 0 Å². The van der Waals surface area contributed by atoms with Gasteiger partial charge in [0, 0.05) is 18.2 Å². The molecule has 1 saturated heterocycles. The molecule has 0 radical (unpaired) electrons. The van der Waals surface area contributed by atoms with Gasteiger partial charge in [0.2, 0.25) is 5.91 Å². The van der Waals surface area contributed by atoms with Crippen LogP contribution >= 0.6 is 0 Å². The van der Waals surface area contributed by atoms with Gasteiger partial charge >= 0.3 is 0 Å². The lowest BCUT2D eigenvalue weighted by Gasteiger charge is -2.15. The largest absolute Gasteiger partial charge is 0.496 e. The van der Waals surface area contributed by atoms with Gasteiger partial charge in [0.15, 0.2) is 0 Å². The van der Waals surface area contributed by atoms with Gasteiger partial charge in [-0.05, 0) is 49.8 Å². The van der Waals surface area contributed by atoms with Gasteiger partial charge in [-0.1, -0.05) is 0 Å². The summed E-state index contributed by atoms with van der Waals surface area (Å²) in [6.45, 7) is 0.284. The summed E-state index contributed by atoms with van der Waals surface area (Å²) >= 11 is 0. The second kappa shape index (κ2) is 6.02. The zero-order chi connectivity index (χ0) is 14.8. The van der Waals surface area contributed by atoms with E-state index in [4.69, 9.17) is 4.74 Å². The number of hydrogen-bond acceptors (Lipinski definition) is 3. The van der Waals surface area contributed by atoms with Crippen molar-refractivity contribution in [2.24, 2.45) is 5.92 Å². The third-order valence-corrected chi connectivity index (χ3v) is 4.38. The maximum absolute atomic E-state index is 13.3. The predicted molar refractivity (Wildman–Crippen MR) is 77.5 cm³/mol. The smallest absolute Gasteiger partial charge is 0.237 e. The van der Waals surface area contributed by atoms with Crippen molar-refractivity contribution in [3.8, 4) is 5.75 Å². The normalized spacial score (nSPS) is 24.9. The molecule has 2 N–H and O–H groups in total. The molecule has 21 heavy (non-hydrogen) atoms. The molecule has 4 nitrogen and oxygen atoms in total. The van der Waals surface area contributed by atoms with Crippen molar-refractivity contribution < 1.29 is 13.9 Å². The molecule has 1 aromatic carbocycles. The Morgan fingerprint density at radius 3 is 2.90 bits per heavy atom. The molecule has 0 bridgehead atoms. The van der Waals surface area contributed by atoms with Crippen LogP contribution in [0.25, 0.3) is 0 Å². The molecule has 1 aliphatic heterocycles. The molecule has 2 unspecified atom stereocenters. The topological polar surface area (TPSA) is 50.4 Å². The van der Waals surface area contributed by atoms with E-state index in [1.165, 1.54) is 32.1 Å². The van der Waals surface area contributed by atoms with E-state index in [1.807, 2.05) is 0 Å². The average molecular weight is 292 g/mol. The third kappa shape index (κ3) is 3.35. The molecular weight excluding hydrogens is 271 g/mol. The van der Waals surface area contributed by atoms with E-state index in [0.717, 1.165) is 18.8 Å². The van der Waals surface area contributed by atoms with Gasteiger partial charge in [-0.3, -0.25) is 4.79 Å². The Morgan fingerprint density at radius 2 is 2.19 bits per heavy atom. The number of hydrogen-bond donors (Lipinski definition) is 2. The van der Waals surface area contributed by atoms with E-state index in [2.05, 4.69) is 10.6 Å². The Balaban J connectivity index is 1.55. The second-order valence-corrected chi connectivity index (χ2v) is 5.91. The summed E-state index contributed by atoms with van der Waals surface area (Å²) in [6, 6.07) is 4.71. The van der Waals surface area contributed by atoms with Crippen molar-refractivity contribution in [1.29, 1.82) is 0 Å². The number of carbonyl (C=O) groups is 1. The lowest BCUT2D eigenvalue weighted by molar-refractivity contribution is -0.123. The van der Waals surface area contributed by atoms with Crippen LogP contribution in [0.1, 0.15) is 31.2 Å². The van der Waals surface area contributed by atoms with Crippen molar-refractivity contribution in [2.45, 2.75) is 44.3 Å². The zero-order valence-corrected chi connectivity index (χ0v) is 12.2. The first-order valence-electron chi connectivity index (χ1n) is 7.53. The highest BCUT2D eigenvalue weighted by Gasteiger charge is 2.38. The van der Waals surface area contributed by atoms with Crippen molar-refractivity contribution >= 4 is 5.91 Å². The summed E-state index contributed by atoms with van der Waals surface area (Å²) in [5, 5.41) is 6.29. The van der Waals surface area contributed by atoms with Gasteiger partial charge in [0.05, 0.1) is 13.2 Å². The molecule has 1 saturated carbocycles. The van der Waals surface area contributed by atoms with E-state index in [-0.39, 0.29) is 24.3 Å². The van der Waals surface area contributed by atoms with Gasteiger partial charge in [-0.15, -0.1) is 0 Å². The fraction of sp³-hybridized carbons (Fsp3) is 0.562. The summed E-state index contributed by atoms with van der Waals surface area (Å²) in [5.41, 5.74) is 0.655. The third-order valence-electron chi connectivity index (χ3n) is 4.38. The Hall–Kier alpha value is -1.62. The Kier molecular flexibility index (Phi) is 4.10. The number of carbonyl (C=O) groups excluding carboxylic acids is 1. The van der Waals surface area contributed by atoms with Crippen molar-refractivity contribution in [3.63, 3.8) is 0 Å². The minimum absolute atomic E-state index is 0.00976. The van der Waals surface area contributed by atoms with Gasteiger partial charge < -0.3 is 15.4 Å². The van der Waals surface area contributed by atoms with Crippen molar-refractivity contribution in [1.82, 2.24) is 10.6 Å². The molecule has 1 aliphatic carbocycles. The van der Waals surface area contributed by atoms with Crippen LogP contribution in [-0.4, -0.2) is 25.1 Å². The second-order valence-electron chi connectivity index (χ2n) is 5.91. The number of benzene rings is 1. The first-order chi connectivity index (χ1) is 10.2. The number of halogens is 1. The van der Waals surface area contributed by atoms with Crippen LogP contribution < -0.4 is 15.4 Å². The molecule has 3 rings (SSSR count).